The van der Waals surface area contributed by atoms with Crippen molar-refractivity contribution < 1.29 is 0 Å². The minimum Gasteiger partial charge on any atom is -0.384 e. The van der Waals surface area contributed by atoms with Crippen LogP contribution in [-0.4, -0.2) is 6.54 Å². The number of hydrogen-bond acceptors (Lipinski definition) is 1. The lowest BCUT2D eigenvalue weighted by Gasteiger charge is -2.19. The maximum atomic E-state index is 5.87. The third kappa shape index (κ3) is 4.89. The molecule has 0 bridgehead atoms. The first-order chi connectivity index (χ1) is 6.88. The summed E-state index contributed by atoms with van der Waals surface area (Å²) in [7, 11) is 0. The van der Waals surface area contributed by atoms with E-state index in [-0.39, 0.29) is 0 Å². The van der Waals surface area contributed by atoms with Crippen LogP contribution in [0.25, 0.3) is 0 Å². The minimum atomic E-state index is 0.367. The SMILES string of the molecule is CC(C)(C)CCNc1ccc(Cl)cc1Br. The highest BCUT2D eigenvalue weighted by atomic mass is 79.9. The zero-order chi connectivity index (χ0) is 11.5. The Balaban J connectivity index is 2.51. The molecule has 0 fully saturated rings. The van der Waals surface area contributed by atoms with Crippen molar-refractivity contribution in [1.82, 2.24) is 0 Å². The van der Waals surface area contributed by atoms with Gasteiger partial charge in [-0.25, -0.2) is 0 Å². The van der Waals surface area contributed by atoms with Crippen molar-refractivity contribution in [3.05, 3.63) is 27.7 Å². The summed E-state index contributed by atoms with van der Waals surface area (Å²) in [5, 5.41) is 4.14. The molecule has 3 heteroatoms. The van der Waals surface area contributed by atoms with E-state index in [1.54, 1.807) is 0 Å². The molecule has 0 heterocycles. The average Bonchev–Trinajstić information content (AvgIpc) is 2.07. The molecule has 1 aromatic rings. The van der Waals surface area contributed by atoms with Crippen LogP contribution in [0.3, 0.4) is 0 Å². The van der Waals surface area contributed by atoms with Gasteiger partial charge in [0.25, 0.3) is 0 Å². The first kappa shape index (κ1) is 12.9. The first-order valence-electron chi connectivity index (χ1n) is 5.07. The standard InChI is InChI=1S/C12H17BrClN/c1-12(2,3)6-7-15-11-5-4-9(14)8-10(11)13/h4-5,8,15H,6-7H2,1-3H3. The predicted molar refractivity (Wildman–Crippen MR) is 71.7 cm³/mol. The van der Waals surface area contributed by atoms with Gasteiger partial charge >= 0.3 is 0 Å². The van der Waals surface area contributed by atoms with Crippen LogP contribution < -0.4 is 5.32 Å². The van der Waals surface area contributed by atoms with Crippen molar-refractivity contribution >= 4 is 33.2 Å². The molecule has 0 spiro atoms. The van der Waals surface area contributed by atoms with Crippen molar-refractivity contribution in [2.45, 2.75) is 27.2 Å². The fourth-order valence-electron chi connectivity index (χ4n) is 1.21. The molecule has 1 aromatic carbocycles. The van der Waals surface area contributed by atoms with E-state index in [2.05, 4.69) is 42.0 Å². The molecule has 1 rings (SSSR count). The zero-order valence-corrected chi connectivity index (χ0v) is 11.7. The van der Waals surface area contributed by atoms with E-state index in [1.807, 2.05) is 18.2 Å². The van der Waals surface area contributed by atoms with Gasteiger partial charge in [0, 0.05) is 21.7 Å². The zero-order valence-electron chi connectivity index (χ0n) is 9.40. The third-order valence-electron chi connectivity index (χ3n) is 2.12. The Morgan fingerprint density at radius 1 is 1.33 bits per heavy atom. The molecule has 0 saturated carbocycles. The highest BCUT2D eigenvalue weighted by Gasteiger charge is 2.09. The molecule has 0 atom stereocenters. The lowest BCUT2D eigenvalue weighted by Crippen LogP contribution is -2.12. The van der Waals surface area contributed by atoms with Gasteiger partial charge in [0.15, 0.2) is 0 Å². The average molecular weight is 291 g/mol. The van der Waals surface area contributed by atoms with E-state index in [9.17, 15) is 0 Å². The number of hydrogen-bond donors (Lipinski definition) is 1. The highest BCUT2D eigenvalue weighted by Crippen LogP contribution is 2.26. The molecule has 0 unspecified atom stereocenters. The molecular formula is C12H17BrClN. The summed E-state index contributed by atoms with van der Waals surface area (Å²) in [5.74, 6) is 0. The Labute approximate surface area is 105 Å². The maximum absolute atomic E-state index is 5.87. The lowest BCUT2D eigenvalue weighted by molar-refractivity contribution is 0.390. The molecule has 0 aliphatic rings. The van der Waals surface area contributed by atoms with E-state index in [0.29, 0.717) is 5.41 Å². The summed E-state index contributed by atoms with van der Waals surface area (Å²) < 4.78 is 1.02. The summed E-state index contributed by atoms with van der Waals surface area (Å²) in [4.78, 5) is 0. The molecular weight excluding hydrogens is 273 g/mol. The van der Waals surface area contributed by atoms with Crippen LogP contribution in [0.1, 0.15) is 27.2 Å². The normalized spacial score (nSPS) is 11.5. The topological polar surface area (TPSA) is 12.0 Å². The van der Waals surface area contributed by atoms with Gasteiger partial charge in [-0.2, -0.15) is 0 Å². The molecule has 15 heavy (non-hydrogen) atoms. The van der Waals surface area contributed by atoms with E-state index in [4.69, 9.17) is 11.6 Å². The first-order valence-corrected chi connectivity index (χ1v) is 6.24. The van der Waals surface area contributed by atoms with Gasteiger partial charge in [0.05, 0.1) is 0 Å². The molecule has 0 aliphatic heterocycles. The Hall–Kier alpha value is -0.210. The summed E-state index contributed by atoms with van der Waals surface area (Å²) >= 11 is 9.35. The van der Waals surface area contributed by atoms with Crippen LogP contribution in [0, 0.1) is 5.41 Å². The fourth-order valence-corrected chi connectivity index (χ4v) is 2.03. The Bertz CT molecular complexity index is 331. The van der Waals surface area contributed by atoms with Gasteiger partial charge in [-0.3, -0.25) is 0 Å². The predicted octanol–water partition coefficient (Wildman–Crippen LogP) is 4.95. The quantitative estimate of drug-likeness (QED) is 0.830. The van der Waals surface area contributed by atoms with E-state index in [0.717, 1.165) is 28.1 Å². The monoisotopic (exact) mass is 289 g/mol. The molecule has 0 aliphatic carbocycles. The molecule has 0 amide bonds. The third-order valence-corrected chi connectivity index (χ3v) is 3.01. The van der Waals surface area contributed by atoms with Crippen molar-refractivity contribution in [3.63, 3.8) is 0 Å². The number of nitrogens with one attached hydrogen (secondary N) is 1. The molecule has 0 aromatic heterocycles. The van der Waals surface area contributed by atoms with Crippen LogP contribution in [-0.2, 0) is 0 Å². The van der Waals surface area contributed by atoms with Crippen LogP contribution in [0.4, 0.5) is 5.69 Å². The second-order valence-corrected chi connectivity index (χ2v) is 6.15. The van der Waals surface area contributed by atoms with E-state index in [1.165, 1.54) is 0 Å². The smallest absolute Gasteiger partial charge is 0.0485 e. The Morgan fingerprint density at radius 3 is 2.53 bits per heavy atom. The fraction of sp³-hybridized carbons (Fsp3) is 0.500. The van der Waals surface area contributed by atoms with Gasteiger partial charge in [-0.1, -0.05) is 32.4 Å². The molecule has 1 N–H and O–H groups in total. The van der Waals surface area contributed by atoms with Crippen LogP contribution >= 0.6 is 27.5 Å². The number of rotatable bonds is 3. The van der Waals surface area contributed by atoms with Crippen molar-refractivity contribution in [3.8, 4) is 0 Å². The molecule has 0 radical (unpaired) electrons. The maximum Gasteiger partial charge on any atom is 0.0485 e. The second-order valence-electron chi connectivity index (χ2n) is 4.86. The largest absolute Gasteiger partial charge is 0.384 e. The molecule has 1 nitrogen and oxygen atoms in total. The van der Waals surface area contributed by atoms with Crippen LogP contribution in [0.5, 0.6) is 0 Å². The summed E-state index contributed by atoms with van der Waals surface area (Å²) in [6, 6.07) is 5.79. The highest BCUT2D eigenvalue weighted by molar-refractivity contribution is 9.10. The summed E-state index contributed by atoms with van der Waals surface area (Å²) in [6.45, 7) is 7.70. The van der Waals surface area contributed by atoms with Gasteiger partial charge in [0.1, 0.15) is 0 Å². The summed E-state index contributed by atoms with van der Waals surface area (Å²) in [5.41, 5.74) is 1.47. The van der Waals surface area contributed by atoms with Crippen LogP contribution in [0.15, 0.2) is 22.7 Å². The molecule has 84 valence electrons. The number of benzene rings is 1. The van der Waals surface area contributed by atoms with Gasteiger partial charge < -0.3 is 5.32 Å². The Kier molecular flexibility index (Phi) is 4.47. The summed E-state index contributed by atoms with van der Waals surface area (Å²) in [6.07, 6.45) is 1.14. The number of halogens is 2. The minimum absolute atomic E-state index is 0.367. The van der Waals surface area contributed by atoms with E-state index < -0.39 is 0 Å². The van der Waals surface area contributed by atoms with Crippen molar-refractivity contribution in [2.75, 3.05) is 11.9 Å². The number of anilines is 1. The lowest BCUT2D eigenvalue weighted by atomic mass is 9.92. The Morgan fingerprint density at radius 2 is 2.00 bits per heavy atom. The van der Waals surface area contributed by atoms with Gasteiger partial charge in [0.2, 0.25) is 0 Å². The van der Waals surface area contributed by atoms with Crippen molar-refractivity contribution in [2.24, 2.45) is 5.41 Å². The van der Waals surface area contributed by atoms with Crippen molar-refractivity contribution in [1.29, 1.82) is 0 Å². The van der Waals surface area contributed by atoms with Gasteiger partial charge in [-0.05, 0) is 46.0 Å². The van der Waals surface area contributed by atoms with E-state index >= 15 is 0 Å². The molecule has 0 saturated heterocycles. The van der Waals surface area contributed by atoms with Crippen LogP contribution in [0.2, 0.25) is 5.02 Å². The van der Waals surface area contributed by atoms with Gasteiger partial charge in [-0.15, -0.1) is 0 Å². The second kappa shape index (κ2) is 5.22.